The molecule has 0 saturated heterocycles. The van der Waals surface area contributed by atoms with Gasteiger partial charge < -0.3 is 10.6 Å². The maximum atomic E-state index is 5.87. The average molecular weight is 264 g/mol. The fraction of sp³-hybridized carbons (Fsp3) is 0.222. The van der Waals surface area contributed by atoms with Gasteiger partial charge in [0.25, 0.3) is 0 Å². The summed E-state index contributed by atoms with van der Waals surface area (Å²) in [5.74, 6) is 0. The molecule has 0 unspecified atom stereocenters. The van der Waals surface area contributed by atoms with Crippen molar-refractivity contribution < 1.29 is 0 Å². The predicted molar refractivity (Wildman–Crippen MR) is 86.9 cm³/mol. The zero-order valence-electron chi connectivity index (χ0n) is 11.6. The van der Waals surface area contributed by atoms with Gasteiger partial charge in [0, 0.05) is 24.5 Å². The zero-order valence-corrected chi connectivity index (χ0v) is 11.6. The van der Waals surface area contributed by atoms with Gasteiger partial charge in [-0.2, -0.15) is 0 Å². The van der Waals surface area contributed by atoms with Crippen LogP contribution in [-0.2, 0) is 6.42 Å². The van der Waals surface area contributed by atoms with Gasteiger partial charge in [0.05, 0.1) is 0 Å². The molecule has 0 spiro atoms. The third-order valence-electron chi connectivity index (χ3n) is 3.75. The normalized spacial score (nSPS) is 14.5. The predicted octanol–water partition coefficient (Wildman–Crippen LogP) is 3.73. The Labute approximate surface area is 120 Å². The van der Waals surface area contributed by atoms with Crippen molar-refractivity contribution in [2.24, 2.45) is 0 Å². The van der Waals surface area contributed by atoms with E-state index in [1.54, 1.807) is 0 Å². The smallest absolute Gasteiger partial charge is 0.0403 e. The first-order valence-corrected chi connectivity index (χ1v) is 7.18. The highest BCUT2D eigenvalue weighted by molar-refractivity contribution is 5.62. The van der Waals surface area contributed by atoms with Gasteiger partial charge in [-0.15, -0.1) is 0 Å². The second kappa shape index (κ2) is 5.83. The lowest BCUT2D eigenvalue weighted by molar-refractivity contribution is 0.723. The van der Waals surface area contributed by atoms with Gasteiger partial charge in [-0.1, -0.05) is 42.5 Å². The molecule has 0 radical (unpaired) electrons. The Morgan fingerprint density at radius 3 is 2.80 bits per heavy atom. The summed E-state index contributed by atoms with van der Waals surface area (Å²) in [6.45, 7) is 2.07. The molecular formula is C18H20N2. The maximum absolute atomic E-state index is 5.87. The van der Waals surface area contributed by atoms with Crippen molar-refractivity contribution in [3.63, 3.8) is 0 Å². The minimum Gasteiger partial charge on any atom is -0.399 e. The van der Waals surface area contributed by atoms with E-state index in [1.165, 1.54) is 23.2 Å². The second-order valence-corrected chi connectivity index (χ2v) is 5.25. The molecule has 20 heavy (non-hydrogen) atoms. The van der Waals surface area contributed by atoms with Crippen LogP contribution in [0, 0.1) is 0 Å². The largest absolute Gasteiger partial charge is 0.399 e. The maximum Gasteiger partial charge on any atom is 0.0403 e. The van der Waals surface area contributed by atoms with Crippen LogP contribution in [-0.4, -0.2) is 13.1 Å². The molecule has 1 aliphatic heterocycles. The minimum absolute atomic E-state index is 0.866. The Morgan fingerprint density at radius 2 is 1.95 bits per heavy atom. The summed E-state index contributed by atoms with van der Waals surface area (Å²) < 4.78 is 0. The SMILES string of the molecule is Nc1ccc2c(c1)CCCN2CC=Cc1ccccc1. The number of nitrogens with zero attached hydrogens (tertiary/aromatic N) is 1. The highest BCUT2D eigenvalue weighted by Crippen LogP contribution is 2.28. The Bertz CT molecular complexity index is 602. The van der Waals surface area contributed by atoms with Gasteiger partial charge in [-0.05, 0) is 42.2 Å². The van der Waals surface area contributed by atoms with E-state index in [4.69, 9.17) is 5.73 Å². The Kier molecular flexibility index (Phi) is 3.73. The van der Waals surface area contributed by atoms with E-state index >= 15 is 0 Å². The summed E-state index contributed by atoms with van der Waals surface area (Å²) in [5.41, 5.74) is 10.7. The lowest BCUT2D eigenvalue weighted by atomic mass is 10.0. The molecule has 2 N–H and O–H groups in total. The summed E-state index contributed by atoms with van der Waals surface area (Å²) >= 11 is 0. The lowest BCUT2D eigenvalue weighted by Gasteiger charge is -2.30. The van der Waals surface area contributed by atoms with Gasteiger partial charge in [0.2, 0.25) is 0 Å². The van der Waals surface area contributed by atoms with Crippen LogP contribution in [0.5, 0.6) is 0 Å². The number of rotatable bonds is 3. The van der Waals surface area contributed by atoms with Gasteiger partial charge >= 0.3 is 0 Å². The third-order valence-corrected chi connectivity index (χ3v) is 3.75. The monoisotopic (exact) mass is 264 g/mol. The van der Waals surface area contributed by atoms with Crippen LogP contribution >= 0.6 is 0 Å². The minimum atomic E-state index is 0.866. The molecule has 1 heterocycles. The Morgan fingerprint density at radius 1 is 1.10 bits per heavy atom. The number of fused-ring (bicyclic) bond motifs is 1. The average Bonchev–Trinajstić information content (AvgIpc) is 2.48. The summed E-state index contributed by atoms with van der Waals surface area (Å²) in [6.07, 6.45) is 6.77. The van der Waals surface area contributed by atoms with E-state index in [2.05, 4.69) is 53.5 Å². The number of hydrogen-bond donors (Lipinski definition) is 1. The molecule has 2 heteroatoms. The number of anilines is 2. The molecule has 3 rings (SSSR count). The molecule has 0 bridgehead atoms. The fourth-order valence-corrected chi connectivity index (χ4v) is 2.76. The third kappa shape index (κ3) is 2.85. The molecule has 2 nitrogen and oxygen atoms in total. The number of benzene rings is 2. The molecule has 2 aromatic carbocycles. The number of aryl methyl sites for hydroxylation is 1. The van der Waals surface area contributed by atoms with Crippen molar-refractivity contribution in [3.8, 4) is 0 Å². The summed E-state index contributed by atoms with van der Waals surface area (Å²) in [7, 11) is 0. The van der Waals surface area contributed by atoms with E-state index in [0.29, 0.717) is 0 Å². The van der Waals surface area contributed by atoms with Crippen LogP contribution in [0.2, 0.25) is 0 Å². The number of nitrogens with two attached hydrogens (primary N) is 1. The quantitative estimate of drug-likeness (QED) is 0.856. The van der Waals surface area contributed by atoms with Crippen LogP contribution < -0.4 is 10.6 Å². The summed E-state index contributed by atoms with van der Waals surface area (Å²) in [5, 5.41) is 0. The van der Waals surface area contributed by atoms with Crippen molar-refractivity contribution in [1.29, 1.82) is 0 Å². The highest BCUT2D eigenvalue weighted by atomic mass is 15.1. The van der Waals surface area contributed by atoms with E-state index < -0.39 is 0 Å². The molecule has 0 atom stereocenters. The Balaban J connectivity index is 1.72. The molecule has 0 saturated carbocycles. The van der Waals surface area contributed by atoms with Crippen LogP contribution in [0.15, 0.2) is 54.6 Å². The highest BCUT2D eigenvalue weighted by Gasteiger charge is 2.15. The molecule has 1 aliphatic rings. The van der Waals surface area contributed by atoms with Crippen molar-refractivity contribution in [2.45, 2.75) is 12.8 Å². The van der Waals surface area contributed by atoms with Gasteiger partial charge in [0.15, 0.2) is 0 Å². The molecule has 2 aromatic rings. The summed E-state index contributed by atoms with van der Waals surface area (Å²) in [6, 6.07) is 16.7. The van der Waals surface area contributed by atoms with Gasteiger partial charge in [-0.3, -0.25) is 0 Å². The second-order valence-electron chi connectivity index (χ2n) is 5.25. The first kappa shape index (κ1) is 12.8. The molecule has 0 amide bonds. The molecule has 0 aromatic heterocycles. The standard InChI is InChI=1S/C18H20N2/c19-17-10-11-18-16(14-17)9-5-13-20(18)12-4-8-15-6-2-1-3-7-15/h1-4,6-8,10-11,14H,5,9,12-13,19H2. The van der Waals surface area contributed by atoms with Crippen molar-refractivity contribution in [3.05, 3.63) is 65.7 Å². The van der Waals surface area contributed by atoms with Crippen molar-refractivity contribution in [2.75, 3.05) is 23.7 Å². The number of nitrogen functional groups attached to an aromatic ring is 1. The van der Waals surface area contributed by atoms with E-state index in [-0.39, 0.29) is 0 Å². The van der Waals surface area contributed by atoms with Crippen molar-refractivity contribution >= 4 is 17.5 Å². The van der Waals surface area contributed by atoms with Crippen LogP contribution in [0.1, 0.15) is 17.5 Å². The van der Waals surface area contributed by atoms with Crippen LogP contribution in [0.25, 0.3) is 6.08 Å². The van der Waals surface area contributed by atoms with Crippen molar-refractivity contribution in [1.82, 2.24) is 0 Å². The molecule has 0 fully saturated rings. The first-order chi connectivity index (χ1) is 9.83. The molecular weight excluding hydrogens is 244 g/mol. The van der Waals surface area contributed by atoms with E-state index in [9.17, 15) is 0 Å². The summed E-state index contributed by atoms with van der Waals surface area (Å²) in [4.78, 5) is 2.43. The fourth-order valence-electron chi connectivity index (χ4n) is 2.76. The number of hydrogen-bond acceptors (Lipinski definition) is 2. The molecule has 0 aliphatic carbocycles. The van der Waals surface area contributed by atoms with E-state index in [1.807, 2.05) is 12.1 Å². The van der Waals surface area contributed by atoms with Crippen LogP contribution in [0.4, 0.5) is 11.4 Å². The van der Waals surface area contributed by atoms with Gasteiger partial charge in [0.1, 0.15) is 0 Å². The van der Waals surface area contributed by atoms with Crippen LogP contribution in [0.3, 0.4) is 0 Å². The topological polar surface area (TPSA) is 29.3 Å². The first-order valence-electron chi connectivity index (χ1n) is 7.18. The Hall–Kier alpha value is -2.22. The zero-order chi connectivity index (χ0) is 13.8. The molecule has 102 valence electrons. The van der Waals surface area contributed by atoms with Gasteiger partial charge in [-0.25, -0.2) is 0 Å². The van der Waals surface area contributed by atoms with E-state index in [0.717, 1.165) is 25.2 Å². The lowest BCUT2D eigenvalue weighted by Crippen LogP contribution is -2.29.